The van der Waals surface area contributed by atoms with Crippen LogP contribution in [0.2, 0.25) is 0 Å². The molecular weight excluding hydrogens is 382 g/mol. The Hall–Kier alpha value is -3.08. The van der Waals surface area contributed by atoms with E-state index in [1.807, 2.05) is 30.1 Å². The standard InChI is InChI=1S/C25H26F2N2O/c1-4-15-29(3)23-12-9-21(16-22(23)26)19-5-7-20(8-6-19)24(30)13-10-18-11-14-25(27)28-17(18)2/h5-9,11-12,14,16H,4,10,13,15H2,1-3H3. The predicted octanol–water partition coefficient (Wildman–Crippen LogP) is 6.00. The monoisotopic (exact) mass is 408 g/mol. The highest BCUT2D eigenvalue weighted by Crippen LogP contribution is 2.27. The van der Waals surface area contributed by atoms with Crippen LogP contribution in [0.3, 0.4) is 0 Å². The van der Waals surface area contributed by atoms with Crippen LogP contribution in [0.1, 0.15) is 41.4 Å². The van der Waals surface area contributed by atoms with Gasteiger partial charge in [-0.3, -0.25) is 4.79 Å². The molecule has 5 heteroatoms. The lowest BCUT2D eigenvalue weighted by atomic mass is 9.99. The number of anilines is 1. The van der Waals surface area contributed by atoms with Gasteiger partial charge in [-0.1, -0.05) is 43.3 Å². The van der Waals surface area contributed by atoms with Gasteiger partial charge in [0.2, 0.25) is 5.95 Å². The maximum atomic E-state index is 14.5. The fourth-order valence-corrected chi connectivity index (χ4v) is 3.52. The number of carbonyl (C=O) groups is 1. The number of nitrogens with zero attached hydrogens (tertiary/aromatic N) is 2. The molecule has 0 spiro atoms. The summed E-state index contributed by atoms with van der Waals surface area (Å²) in [5, 5.41) is 0. The van der Waals surface area contributed by atoms with E-state index < -0.39 is 5.95 Å². The Balaban J connectivity index is 1.68. The van der Waals surface area contributed by atoms with Crippen molar-refractivity contribution in [1.82, 2.24) is 4.98 Å². The number of Topliss-reactive ketones (excluding diaryl/α,β-unsaturated/α-hetero) is 1. The topological polar surface area (TPSA) is 33.2 Å². The van der Waals surface area contributed by atoms with Gasteiger partial charge in [-0.05, 0) is 54.7 Å². The third-order valence-electron chi connectivity index (χ3n) is 5.24. The second kappa shape index (κ2) is 9.61. The maximum absolute atomic E-state index is 14.5. The van der Waals surface area contributed by atoms with E-state index in [0.29, 0.717) is 29.8 Å². The highest BCUT2D eigenvalue weighted by atomic mass is 19.1. The van der Waals surface area contributed by atoms with E-state index in [2.05, 4.69) is 11.9 Å². The Kier molecular flexibility index (Phi) is 6.93. The van der Waals surface area contributed by atoms with Crippen LogP contribution in [0.5, 0.6) is 0 Å². The summed E-state index contributed by atoms with van der Waals surface area (Å²) < 4.78 is 27.6. The molecule has 3 rings (SSSR count). The zero-order valence-corrected chi connectivity index (χ0v) is 17.6. The lowest BCUT2D eigenvalue weighted by Crippen LogP contribution is -2.18. The Labute approximate surface area is 176 Å². The molecule has 1 heterocycles. The van der Waals surface area contributed by atoms with Crippen molar-refractivity contribution in [2.75, 3.05) is 18.5 Å². The summed E-state index contributed by atoms with van der Waals surface area (Å²) in [5.74, 6) is -0.764. The lowest BCUT2D eigenvalue weighted by molar-refractivity contribution is 0.0983. The number of aryl methyl sites for hydroxylation is 2. The Morgan fingerprint density at radius 1 is 1.00 bits per heavy atom. The average Bonchev–Trinajstić information content (AvgIpc) is 2.73. The van der Waals surface area contributed by atoms with Crippen LogP contribution in [0.4, 0.5) is 14.5 Å². The normalized spacial score (nSPS) is 10.8. The molecule has 0 amide bonds. The second-order valence-corrected chi connectivity index (χ2v) is 7.47. The fraction of sp³-hybridized carbons (Fsp3) is 0.280. The Morgan fingerprint density at radius 3 is 2.33 bits per heavy atom. The van der Waals surface area contributed by atoms with Crippen LogP contribution >= 0.6 is 0 Å². The van der Waals surface area contributed by atoms with Gasteiger partial charge < -0.3 is 4.90 Å². The minimum Gasteiger partial charge on any atom is -0.372 e. The average molecular weight is 408 g/mol. The number of rotatable bonds is 8. The van der Waals surface area contributed by atoms with Gasteiger partial charge >= 0.3 is 0 Å². The van der Waals surface area contributed by atoms with Crippen LogP contribution < -0.4 is 4.90 Å². The van der Waals surface area contributed by atoms with Crippen molar-refractivity contribution in [3.8, 4) is 11.1 Å². The third-order valence-corrected chi connectivity index (χ3v) is 5.24. The first-order valence-electron chi connectivity index (χ1n) is 10.2. The molecule has 0 saturated carbocycles. The van der Waals surface area contributed by atoms with Crippen molar-refractivity contribution < 1.29 is 13.6 Å². The smallest absolute Gasteiger partial charge is 0.213 e. The second-order valence-electron chi connectivity index (χ2n) is 7.47. The molecule has 0 N–H and O–H groups in total. The Morgan fingerprint density at radius 2 is 1.70 bits per heavy atom. The van der Waals surface area contributed by atoms with Crippen LogP contribution in [0.15, 0.2) is 54.6 Å². The van der Waals surface area contributed by atoms with Crippen molar-refractivity contribution in [1.29, 1.82) is 0 Å². The van der Waals surface area contributed by atoms with Crippen molar-refractivity contribution in [3.63, 3.8) is 0 Å². The highest BCUT2D eigenvalue weighted by Gasteiger charge is 2.11. The van der Waals surface area contributed by atoms with Gasteiger partial charge in [0.15, 0.2) is 5.78 Å². The number of carbonyl (C=O) groups excluding carboxylic acids is 1. The molecule has 0 aliphatic rings. The predicted molar refractivity (Wildman–Crippen MR) is 117 cm³/mol. The fourth-order valence-electron chi connectivity index (χ4n) is 3.52. The van der Waals surface area contributed by atoms with E-state index in [1.165, 1.54) is 12.1 Å². The molecule has 0 atom stereocenters. The third kappa shape index (κ3) is 5.09. The van der Waals surface area contributed by atoms with E-state index in [-0.39, 0.29) is 11.6 Å². The minimum absolute atomic E-state index is 0.00740. The number of pyridine rings is 1. The van der Waals surface area contributed by atoms with Crippen LogP contribution in [-0.2, 0) is 6.42 Å². The molecule has 156 valence electrons. The van der Waals surface area contributed by atoms with E-state index in [0.717, 1.165) is 29.7 Å². The zero-order valence-electron chi connectivity index (χ0n) is 17.6. The van der Waals surface area contributed by atoms with Crippen LogP contribution in [0, 0.1) is 18.7 Å². The molecule has 0 aliphatic heterocycles. The first-order valence-corrected chi connectivity index (χ1v) is 10.2. The first-order chi connectivity index (χ1) is 14.4. The molecule has 2 aromatic carbocycles. The maximum Gasteiger partial charge on any atom is 0.213 e. The number of aromatic nitrogens is 1. The molecule has 0 unspecified atom stereocenters. The summed E-state index contributed by atoms with van der Waals surface area (Å²) in [6.07, 6.45) is 1.78. The molecule has 0 radical (unpaired) electrons. The summed E-state index contributed by atoms with van der Waals surface area (Å²) in [5.41, 5.74) is 4.28. The van der Waals surface area contributed by atoms with Crippen LogP contribution in [0.25, 0.3) is 11.1 Å². The van der Waals surface area contributed by atoms with Crippen molar-refractivity contribution in [3.05, 3.63) is 83.2 Å². The molecule has 3 aromatic rings. The van der Waals surface area contributed by atoms with Crippen molar-refractivity contribution in [2.24, 2.45) is 0 Å². The van der Waals surface area contributed by atoms with Gasteiger partial charge in [-0.25, -0.2) is 9.37 Å². The number of benzene rings is 2. The van der Waals surface area contributed by atoms with Crippen molar-refractivity contribution >= 4 is 11.5 Å². The number of hydrogen-bond acceptors (Lipinski definition) is 3. The van der Waals surface area contributed by atoms with Gasteiger partial charge in [0.05, 0.1) is 5.69 Å². The van der Waals surface area contributed by atoms with E-state index in [4.69, 9.17) is 0 Å². The molecular formula is C25H26F2N2O. The highest BCUT2D eigenvalue weighted by molar-refractivity contribution is 5.96. The van der Waals surface area contributed by atoms with Gasteiger partial charge in [0, 0.05) is 31.3 Å². The SMILES string of the molecule is CCCN(C)c1ccc(-c2ccc(C(=O)CCc3ccc(F)nc3C)cc2)cc1F. The summed E-state index contributed by atoms with van der Waals surface area (Å²) in [4.78, 5) is 18.2. The van der Waals surface area contributed by atoms with Gasteiger partial charge in [0.25, 0.3) is 0 Å². The van der Waals surface area contributed by atoms with Gasteiger partial charge in [-0.2, -0.15) is 4.39 Å². The first kappa shape index (κ1) is 21.6. The van der Waals surface area contributed by atoms with Gasteiger partial charge in [0.1, 0.15) is 5.82 Å². The van der Waals surface area contributed by atoms with E-state index >= 15 is 0 Å². The summed E-state index contributed by atoms with van der Waals surface area (Å²) in [7, 11) is 1.88. The van der Waals surface area contributed by atoms with Crippen LogP contribution in [-0.4, -0.2) is 24.4 Å². The summed E-state index contributed by atoms with van der Waals surface area (Å²) in [6.45, 7) is 4.59. The molecule has 1 aromatic heterocycles. The van der Waals surface area contributed by atoms with Crippen molar-refractivity contribution in [2.45, 2.75) is 33.1 Å². The van der Waals surface area contributed by atoms with Gasteiger partial charge in [-0.15, -0.1) is 0 Å². The largest absolute Gasteiger partial charge is 0.372 e. The van der Waals surface area contributed by atoms with E-state index in [9.17, 15) is 13.6 Å². The lowest BCUT2D eigenvalue weighted by Gasteiger charge is -2.19. The zero-order chi connectivity index (χ0) is 21.7. The summed E-state index contributed by atoms with van der Waals surface area (Å²) >= 11 is 0. The molecule has 0 aliphatic carbocycles. The molecule has 0 bridgehead atoms. The molecule has 0 fully saturated rings. The number of ketones is 1. The molecule has 0 saturated heterocycles. The molecule has 3 nitrogen and oxygen atoms in total. The number of hydrogen-bond donors (Lipinski definition) is 0. The number of halogens is 2. The quantitative estimate of drug-likeness (QED) is 0.339. The summed E-state index contributed by atoms with van der Waals surface area (Å²) in [6, 6.07) is 15.4. The Bertz CT molecular complexity index is 1030. The van der Waals surface area contributed by atoms with E-state index in [1.54, 1.807) is 31.2 Å². The molecule has 30 heavy (non-hydrogen) atoms. The minimum atomic E-state index is -0.514.